The summed E-state index contributed by atoms with van der Waals surface area (Å²) in [6.45, 7) is 5.52. The lowest BCUT2D eigenvalue weighted by Gasteiger charge is -2.21. The van der Waals surface area contributed by atoms with Gasteiger partial charge in [0.15, 0.2) is 6.61 Å². The second kappa shape index (κ2) is 9.01. The van der Waals surface area contributed by atoms with Gasteiger partial charge in [0.05, 0.1) is 4.90 Å². The molecule has 27 heavy (non-hydrogen) atoms. The van der Waals surface area contributed by atoms with Crippen LogP contribution in [0.5, 0.6) is 5.75 Å². The van der Waals surface area contributed by atoms with Crippen LogP contribution in [-0.2, 0) is 21.2 Å². The summed E-state index contributed by atoms with van der Waals surface area (Å²) in [7, 11) is -2.00. The van der Waals surface area contributed by atoms with Crippen molar-refractivity contribution in [1.29, 1.82) is 0 Å². The van der Waals surface area contributed by atoms with Gasteiger partial charge in [0.25, 0.3) is 5.91 Å². The average molecular weight is 391 g/mol. The molecule has 2 aromatic rings. The van der Waals surface area contributed by atoms with Gasteiger partial charge >= 0.3 is 0 Å². The average Bonchev–Trinajstić information content (AvgIpc) is 2.66. The van der Waals surface area contributed by atoms with Gasteiger partial charge in [-0.05, 0) is 56.2 Å². The molecule has 1 N–H and O–H groups in total. The summed E-state index contributed by atoms with van der Waals surface area (Å²) in [6, 6.07) is 13.5. The Balaban J connectivity index is 1.99. The van der Waals surface area contributed by atoms with Gasteiger partial charge in [-0.2, -0.15) is 4.31 Å². The van der Waals surface area contributed by atoms with Crippen molar-refractivity contribution >= 4 is 21.6 Å². The van der Waals surface area contributed by atoms with Crippen LogP contribution >= 0.6 is 0 Å². The van der Waals surface area contributed by atoms with Gasteiger partial charge in [-0.3, -0.25) is 4.79 Å². The number of sulfonamides is 1. The quantitative estimate of drug-likeness (QED) is 0.750. The Bertz CT molecular complexity index is 877. The van der Waals surface area contributed by atoms with Crippen LogP contribution in [0.2, 0.25) is 0 Å². The minimum Gasteiger partial charge on any atom is -0.483 e. The highest BCUT2D eigenvalue weighted by atomic mass is 32.2. The number of aryl methyl sites for hydroxylation is 1. The number of benzene rings is 2. The molecule has 6 nitrogen and oxygen atoms in total. The zero-order valence-electron chi connectivity index (χ0n) is 16.1. The largest absolute Gasteiger partial charge is 0.483 e. The molecular weight excluding hydrogens is 364 g/mol. The number of carbonyl (C=O) groups excluding carboxylic acids is 1. The molecule has 2 aromatic carbocycles. The number of nitrogens with zero attached hydrogens (tertiary/aromatic N) is 1. The molecule has 0 unspecified atom stereocenters. The van der Waals surface area contributed by atoms with E-state index >= 15 is 0 Å². The molecule has 0 radical (unpaired) electrons. The van der Waals surface area contributed by atoms with Gasteiger partial charge in [-0.25, -0.2) is 8.42 Å². The Morgan fingerprint density at radius 3 is 2.33 bits per heavy atom. The molecule has 1 amide bonds. The monoisotopic (exact) mass is 390 g/mol. The number of anilines is 1. The minimum atomic E-state index is -3.54. The van der Waals surface area contributed by atoms with E-state index < -0.39 is 10.0 Å². The summed E-state index contributed by atoms with van der Waals surface area (Å²) in [5, 5.41) is 2.71. The summed E-state index contributed by atoms with van der Waals surface area (Å²) in [5.41, 5.74) is 1.55. The predicted octanol–water partition coefficient (Wildman–Crippen LogP) is 3.30. The summed E-state index contributed by atoms with van der Waals surface area (Å²) in [5.74, 6) is 0.379. The fraction of sp³-hybridized carbons (Fsp3) is 0.350. The van der Waals surface area contributed by atoms with Crippen LogP contribution in [0.1, 0.15) is 26.3 Å². The highest BCUT2D eigenvalue weighted by Gasteiger charge is 2.22. The molecule has 146 valence electrons. The van der Waals surface area contributed by atoms with Gasteiger partial charge in [0.2, 0.25) is 10.0 Å². The smallest absolute Gasteiger partial charge is 0.262 e. The Morgan fingerprint density at radius 1 is 1.11 bits per heavy atom. The molecule has 0 saturated carbocycles. The second-order valence-corrected chi connectivity index (χ2v) is 8.44. The number of hydrogen-bond acceptors (Lipinski definition) is 4. The maximum absolute atomic E-state index is 12.4. The van der Waals surface area contributed by atoms with Crippen molar-refractivity contribution in [2.45, 2.75) is 38.1 Å². The molecular formula is C20H26N2O4S. The normalized spacial score (nSPS) is 11.6. The predicted molar refractivity (Wildman–Crippen MR) is 106 cm³/mol. The van der Waals surface area contributed by atoms with E-state index in [-0.39, 0.29) is 23.5 Å². The molecule has 0 atom stereocenters. The van der Waals surface area contributed by atoms with E-state index in [2.05, 4.69) is 5.32 Å². The maximum atomic E-state index is 12.4. The lowest BCUT2D eigenvalue weighted by molar-refractivity contribution is -0.118. The first-order valence-electron chi connectivity index (χ1n) is 8.84. The van der Waals surface area contributed by atoms with Crippen LogP contribution in [0.4, 0.5) is 5.69 Å². The number of carbonyl (C=O) groups is 1. The number of amides is 1. The molecule has 7 heteroatoms. The molecule has 0 aliphatic rings. The Morgan fingerprint density at radius 2 is 1.74 bits per heavy atom. The number of para-hydroxylation sites is 1. The Kier molecular flexibility index (Phi) is 6.98. The number of ether oxygens (including phenoxy) is 1. The zero-order chi connectivity index (χ0) is 20.0. The van der Waals surface area contributed by atoms with Crippen molar-refractivity contribution in [2.24, 2.45) is 0 Å². The van der Waals surface area contributed by atoms with E-state index in [0.717, 1.165) is 12.0 Å². The van der Waals surface area contributed by atoms with E-state index in [4.69, 9.17) is 4.74 Å². The Hall–Kier alpha value is -2.38. The maximum Gasteiger partial charge on any atom is 0.262 e. The van der Waals surface area contributed by atoms with Crippen LogP contribution in [0.25, 0.3) is 0 Å². The summed E-state index contributed by atoms with van der Waals surface area (Å²) in [4.78, 5) is 12.3. The third kappa shape index (κ3) is 5.30. The van der Waals surface area contributed by atoms with Gasteiger partial charge < -0.3 is 10.1 Å². The van der Waals surface area contributed by atoms with E-state index in [0.29, 0.717) is 11.4 Å². The third-order valence-electron chi connectivity index (χ3n) is 4.25. The van der Waals surface area contributed by atoms with Crippen molar-refractivity contribution in [3.8, 4) is 5.75 Å². The van der Waals surface area contributed by atoms with E-state index in [1.165, 1.54) is 16.4 Å². The van der Waals surface area contributed by atoms with Crippen molar-refractivity contribution in [1.82, 2.24) is 4.31 Å². The van der Waals surface area contributed by atoms with Crippen LogP contribution in [0, 0.1) is 0 Å². The topological polar surface area (TPSA) is 75.7 Å². The lowest BCUT2D eigenvalue weighted by Crippen LogP contribution is -2.33. The molecule has 0 aliphatic heterocycles. The molecule has 0 fully saturated rings. The van der Waals surface area contributed by atoms with Crippen LogP contribution in [0.3, 0.4) is 0 Å². The first-order valence-corrected chi connectivity index (χ1v) is 10.3. The molecule has 0 aliphatic carbocycles. The highest BCUT2D eigenvalue weighted by molar-refractivity contribution is 7.89. The van der Waals surface area contributed by atoms with Crippen molar-refractivity contribution in [2.75, 3.05) is 19.0 Å². The first kappa shape index (κ1) is 20.9. The molecule has 2 rings (SSSR count). The number of hydrogen-bond donors (Lipinski definition) is 1. The second-order valence-electron chi connectivity index (χ2n) is 6.44. The van der Waals surface area contributed by atoms with Gasteiger partial charge in [0.1, 0.15) is 5.75 Å². The molecule has 0 bridgehead atoms. The van der Waals surface area contributed by atoms with Crippen LogP contribution in [-0.4, -0.2) is 38.3 Å². The van der Waals surface area contributed by atoms with E-state index in [1.54, 1.807) is 19.2 Å². The summed E-state index contributed by atoms with van der Waals surface area (Å²) < 4.78 is 31.8. The van der Waals surface area contributed by atoms with Crippen molar-refractivity contribution in [3.05, 3.63) is 54.1 Å². The standard InChI is InChI=1S/C20H26N2O4S/c1-5-16-8-6-7-9-19(16)26-14-20(23)21-17-10-12-18(13-11-17)27(24,25)22(4)15(2)3/h6-13,15H,5,14H2,1-4H3,(H,21,23). The Labute approximate surface area is 161 Å². The van der Waals surface area contributed by atoms with Crippen LogP contribution in [0.15, 0.2) is 53.4 Å². The summed E-state index contributed by atoms with van der Waals surface area (Å²) >= 11 is 0. The zero-order valence-corrected chi connectivity index (χ0v) is 16.9. The minimum absolute atomic E-state index is 0.118. The summed E-state index contributed by atoms with van der Waals surface area (Å²) in [6.07, 6.45) is 0.818. The first-order chi connectivity index (χ1) is 12.8. The van der Waals surface area contributed by atoms with Crippen molar-refractivity contribution < 1.29 is 17.9 Å². The third-order valence-corrected chi connectivity index (χ3v) is 6.30. The molecule has 0 heterocycles. The SMILES string of the molecule is CCc1ccccc1OCC(=O)Nc1ccc(S(=O)(=O)N(C)C(C)C)cc1. The molecule has 0 spiro atoms. The lowest BCUT2D eigenvalue weighted by atomic mass is 10.1. The van der Waals surface area contributed by atoms with Crippen LogP contribution < -0.4 is 10.1 Å². The van der Waals surface area contributed by atoms with Crippen molar-refractivity contribution in [3.63, 3.8) is 0 Å². The molecule has 0 saturated heterocycles. The van der Waals surface area contributed by atoms with E-state index in [9.17, 15) is 13.2 Å². The highest BCUT2D eigenvalue weighted by Crippen LogP contribution is 2.20. The van der Waals surface area contributed by atoms with E-state index in [1.807, 2.05) is 45.0 Å². The van der Waals surface area contributed by atoms with Gasteiger partial charge in [0, 0.05) is 18.8 Å². The fourth-order valence-corrected chi connectivity index (χ4v) is 3.80. The van der Waals surface area contributed by atoms with Gasteiger partial charge in [-0.1, -0.05) is 25.1 Å². The number of nitrogens with one attached hydrogen (secondary N) is 1. The fourth-order valence-electron chi connectivity index (χ4n) is 2.43. The molecule has 0 aromatic heterocycles. The van der Waals surface area contributed by atoms with Gasteiger partial charge in [-0.15, -0.1) is 0 Å². The number of rotatable bonds is 8.